The number of rotatable bonds is 20. The average Bonchev–Trinajstić information content (AvgIpc) is 2.69. The van der Waals surface area contributed by atoms with Gasteiger partial charge in [-0.1, -0.05) is 110 Å². The summed E-state index contributed by atoms with van der Waals surface area (Å²) in [6.07, 6.45) is 20.3. The number of nitrogens with zero attached hydrogens (tertiary/aromatic N) is 2. The Morgan fingerprint density at radius 2 is 0.778 bits per heavy atom. The van der Waals surface area contributed by atoms with E-state index in [4.69, 9.17) is 0 Å². The molecule has 1 unspecified atom stereocenters. The molecule has 0 aliphatic heterocycles. The summed E-state index contributed by atoms with van der Waals surface area (Å²) in [4.78, 5) is 21.3. The van der Waals surface area contributed by atoms with Crippen LogP contribution in [0, 0.1) is 5.92 Å². The number of carboxylic acid groups (broad SMARTS) is 2. The standard InChI is InChI=1S/C22H42O4.2C4H12N/c1-2-3-4-5-6-7-8-9-10-11-12-13-14-15-16-17-18-20(22(25)26)19-21(23)24;2*1-5(2,3)4/h20H,2-19H2,1H3,(H,23,24)(H,25,26);2*1-4H3/q;2*+1/p-2. The van der Waals surface area contributed by atoms with Gasteiger partial charge in [0.2, 0.25) is 0 Å². The third kappa shape index (κ3) is 54.0. The number of carboxylic acids is 2. The lowest BCUT2D eigenvalue weighted by molar-refractivity contribution is -0.849. The van der Waals surface area contributed by atoms with E-state index < -0.39 is 24.3 Å². The van der Waals surface area contributed by atoms with Crippen molar-refractivity contribution in [2.75, 3.05) is 56.4 Å². The largest absolute Gasteiger partial charge is 0.550 e. The lowest BCUT2D eigenvalue weighted by Gasteiger charge is -2.18. The monoisotopic (exact) mass is 516 g/mol. The van der Waals surface area contributed by atoms with Gasteiger partial charge in [-0.2, -0.15) is 0 Å². The highest BCUT2D eigenvalue weighted by Crippen LogP contribution is 2.16. The summed E-state index contributed by atoms with van der Waals surface area (Å²) in [6, 6.07) is 0. The van der Waals surface area contributed by atoms with Crippen LogP contribution in [0.5, 0.6) is 0 Å². The van der Waals surface area contributed by atoms with Gasteiger partial charge in [-0.05, 0) is 12.8 Å². The van der Waals surface area contributed by atoms with Crippen LogP contribution in [0.4, 0.5) is 0 Å². The van der Waals surface area contributed by atoms with Crippen molar-refractivity contribution in [1.82, 2.24) is 0 Å². The first-order valence-electron chi connectivity index (χ1n) is 14.6. The molecule has 36 heavy (non-hydrogen) atoms. The molecule has 6 heteroatoms. The number of carbonyl (C=O) groups excluding carboxylic acids is 2. The zero-order valence-corrected chi connectivity index (χ0v) is 25.8. The van der Waals surface area contributed by atoms with Crippen molar-refractivity contribution < 1.29 is 28.8 Å². The highest BCUT2D eigenvalue weighted by atomic mass is 16.4. The predicted molar refractivity (Wildman–Crippen MR) is 150 cm³/mol. The van der Waals surface area contributed by atoms with Gasteiger partial charge in [0, 0.05) is 17.9 Å². The molecule has 0 spiro atoms. The van der Waals surface area contributed by atoms with Crippen LogP contribution < -0.4 is 10.2 Å². The summed E-state index contributed by atoms with van der Waals surface area (Å²) in [7, 11) is 17.0. The molecular weight excluding hydrogens is 452 g/mol. The first kappa shape index (κ1) is 39.4. The van der Waals surface area contributed by atoms with Gasteiger partial charge in [0.05, 0.1) is 56.4 Å². The highest BCUT2D eigenvalue weighted by Gasteiger charge is 2.09. The van der Waals surface area contributed by atoms with E-state index in [1.165, 1.54) is 83.5 Å². The molecule has 6 nitrogen and oxygen atoms in total. The average molecular weight is 517 g/mol. The summed E-state index contributed by atoms with van der Waals surface area (Å²) >= 11 is 0. The minimum Gasteiger partial charge on any atom is -0.550 e. The second-order valence-electron chi connectivity index (χ2n) is 13.1. The molecule has 0 saturated heterocycles. The molecule has 1 atom stereocenters. The fraction of sp³-hybridized carbons (Fsp3) is 0.933. The Bertz CT molecular complexity index is 472. The van der Waals surface area contributed by atoms with Crippen LogP contribution in [0.2, 0.25) is 0 Å². The fourth-order valence-corrected chi connectivity index (χ4v) is 3.44. The van der Waals surface area contributed by atoms with E-state index in [0.717, 1.165) is 28.2 Å². The first-order chi connectivity index (χ1) is 16.6. The van der Waals surface area contributed by atoms with E-state index in [0.29, 0.717) is 6.42 Å². The van der Waals surface area contributed by atoms with Gasteiger partial charge < -0.3 is 28.8 Å². The molecular formula is C30H64N2O4. The topological polar surface area (TPSA) is 80.3 Å². The molecule has 0 aliphatic rings. The Kier molecular flexibility index (Phi) is 27.9. The Balaban J connectivity index is -0.000000910. The van der Waals surface area contributed by atoms with Crippen molar-refractivity contribution in [3.05, 3.63) is 0 Å². The molecule has 0 aromatic rings. The van der Waals surface area contributed by atoms with Crippen LogP contribution >= 0.6 is 0 Å². The van der Waals surface area contributed by atoms with Crippen LogP contribution in [-0.2, 0) is 9.59 Å². The van der Waals surface area contributed by atoms with Gasteiger partial charge in [-0.15, -0.1) is 0 Å². The minimum absolute atomic E-state index is 0.384. The third-order valence-corrected chi connectivity index (χ3v) is 5.15. The predicted octanol–water partition coefficient (Wildman–Crippen LogP) is 4.79. The van der Waals surface area contributed by atoms with Crippen LogP contribution in [0.3, 0.4) is 0 Å². The molecule has 0 heterocycles. The smallest absolute Gasteiger partial charge is 0.0675 e. The van der Waals surface area contributed by atoms with Crippen LogP contribution in [0.25, 0.3) is 0 Å². The number of carbonyl (C=O) groups is 2. The van der Waals surface area contributed by atoms with Gasteiger partial charge in [-0.25, -0.2) is 0 Å². The summed E-state index contributed by atoms with van der Waals surface area (Å²) < 4.78 is 2.00. The van der Waals surface area contributed by atoms with E-state index in [9.17, 15) is 19.8 Å². The van der Waals surface area contributed by atoms with Crippen LogP contribution in [0.1, 0.15) is 122 Å². The molecule has 0 N–H and O–H groups in total. The SMILES string of the molecule is CCCCCCCCCCCCCCCCCCC(CC(=O)[O-])C(=O)[O-].C[N+](C)(C)C.C[N+](C)(C)C. The third-order valence-electron chi connectivity index (χ3n) is 5.15. The molecule has 0 saturated carbocycles. The molecule has 218 valence electrons. The zero-order valence-electron chi connectivity index (χ0n) is 25.8. The van der Waals surface area contributed by atoms with Crippen LogP contribution in [0.15, 0.2) is 0 Å². The van der Waals surface area contributed by atoms with Gasteiger partial charge in [-0.3, -0.25) is 0 Å². The normalized spacial score (nSPS) is 12.1. The number of unbranched alkanes of at least 4 members (excludes halogenated alkanes) is 15. The second-order valence-corrected chi connectivity index (χ2v) is 13.1. The van der Waals surface area contributed by atoms with E-state index in [-0.39, 0.29) is 0 Å². The maximum absolute atomic E-state index is 10.8. The van der Waals surface area contributed by atoms with E-state index >= 15 is 0 Å². The molecule has 0 aromatic carbocycles. The minimum atomic E-state index is -1.31. The van der Waals surface area contributed by atoms with E-state index in [1.807, 2.05) is 0 Å². The lowest BCUT2D eigenvalue weighted by atomic mass is 9.97. The van der Waals surface area contributed by atoms with Gasteiger partial charge in [0.15, 0.2) is 0 Å². The molecule has 0 aromatic heterocycles. The van der Waals surface area contributed by atoms with Crippen LogP contribution in [-0.4, -0.2) is 77.3 Å². The molecule has 0 bridgehead atoms. The lowest BCUT2D eigenvalue weighted by Crippen LogP contribution is -2.36. The summed E-state index contributed by atoms with van der Waals surface area (Å²) in [5, 5.41) is 21.3. The Hall–Kier alpha value is -1.14. The first-order valence-corrected chi connectivity index (χ1v) is 14.6. The zero-order chi connectivity index (χ0) is 28.5. The summed E-state index contributed by atoms with van der Waals surface area (Å²) in [5.41, 5.74) is 0. The molecule has 0 amide bonds. The Morgan fingerprint density at radius 3 is 1.00 bits per heavy atom. The van der Waals surface area contributed by atoms with Crippen molar-refractivity contribution in [3.8, 4) is 0 Å². The second kappa shape index (κ2) is 25.5. The molecule has 0 aliphatic carbocycles. The van der Waals surface area contributed by atoms with Gasteiger partial charge in [0.1, 0.15) is 0 Å². The Morgan fingerprint density at radius 1 is 0.528 bits per heavy atom. The number of hydrogen-bond acceptors (Lipinski definition) is 4. The number of hydrogen-bond donors (Lipinski definition) is 0. The maximum Gasteiger partial charge on any atom is 0.0675 e. The maximum atomic E-state index is 10.8. The fourth-order valence-electron chi connectivity index (χ4n) is 3.44. The molecule has 0 radical (unpaired) electrons. The van der Waals surface area contributed by atoms with Crippen molar-refractivity contribution in [2.45, 2.75) is 122 Å². The van der Waals surface area contributed by atoms with E-state index in [1.54, 1.807) is 0 Å². The van der Waals surface area contributed by atoms with Crippen molar-refractivity contribution in [1.29, 1.82) is 0 Å². The number of aliphatic carboxylic acids is 2. The van der Waals surface area contributed by atoms with E-state index in [2.05, 4.69) is 63.3 Å². The molecule has 0 rings (SSSR count). The van der Waals surface area contributed by atoms with Crippen molar-refractivity contribution in [2.24, 2.45) is 5.92 Å². The molecule has 0 fully saturated rings. The summed E-state index contributed by atoms with van der Waals surface area (Å²) in [6.45, 7) is 2.26. The Labute approximate surface area is 225 Å². The van der Waals surface area contributed by atoms with Gasteiger partial charge >= 0.3 is 0 Å². The highest BCUT2D eigenvalue weighted by molar-refractivity contribution is 5.75. The van der Waals surface area contributed by atoms with Crippen molar-refractivity contribution >= 4 is 11.9 Å². The number of quaternary nitrogens is 2. The van der Waals surface area contributed by atoms with Gasteiger partial charge in [0.25, 0.3) is 0 Å². The quantitative estimate of drug-likeness (QED) is 0.172. The summed E-state index contributed by atoms with van der Waals surface area (Å²) in [5.74, 6) is -3.47. The van der Waals surface area contributed by atoms with Crippen molar-refractivity contribution in [3.63, 3.8) is 0 Å².